The molecule has 6 nitrogen and oxygen atoms in total. The fourth-order valence-corrected chi connectivity index (χ4v) is 2.39. The summed E-state index contributed by atoms with van der Waals surface area (Å²) in [5, 5.41) is 12.1. The van der Waals surface area contributed by atoms with Gasteiger partial charge in [0.15, 0.2) is 0 Å². The van der Waals surface area contributed by atoms with E-state index in [4.69, 9.17) is 10.5 Å². The molecule has 1 heterocycles. The molecule has 0 radical (unpaired) electrons. The largest absolute Gasteiger partial charge is 0.496 e. The van der Waals surface area contributed by atoms with Crippen LogP contribution >= 0.6 is 11.8 Å². The number of rotatable bonds is 5. The van der Waals surface area contributed by atoms with Gasteiger partial charge >= 0.3 is 0 Å². The van der Waals surface area contributed by atoms with Crippen LogP contribution in [0.5, 0.6) is 5.75 Å². The molecule has 0 aliphatic rings. The van der Waals surface area contributed by atoms with Crippen molar-refractivity contribution < 1.29 is 4.74 Å². The fraction of sp³-hybridized carbons (Fsp3) is 0.364. The summed E-state index contributed by atoms with van der Waals surface area (Å²) in [6, 6.07) is 5.96. The number of aromatic nitrogens is 4. The summed E-state index contributed by atoms with van der Waals surface area (Å²) in [6.07, 6.45) is 0. The molecule has 0 aliphatic heterocycles. The molecule has 0 saturated heterocycles. The van der Waals surface area contributed by atoms with E-state index < -0.39 is 0 Å². The maximum Gasteiger partial charge on any atom is 0.209 e. The predicted molar refractivity (Wildman–Crippen MR) is 69.2 cm³/mol. The molecule has 0 bridgehead atoms. The number of nitrogens with two attached hydrogens (primary N) is 1. The molecular weight excluding hydrogens is 250 g/mol. The Labute approximate surface area is 110 Å². The molecule has 0 unspecified atom stereocenters. The molecule has 96 valence electrons. The van der Waals surface area contributed by atoms with Crippen LogP contribution in [0, 0.1) is 0 Å². The molecule has 0 saturated carbocycles. The van der Waals surface area contributed by atoms with Crippen LogP contribution in [0.2, 0.25) is 0 Å². The average Bonchev–Trinajstić information content (AvgIpc) is 2.81. The number of nitrogens with zero attached hydrogens (tertiary/aromatic N) is 4. The highest BCUT2D eigenvalue weighted by atomic mass is 32.2. The molecule has 1 aromatic heterocycles. The number of tetrazole rings is 1. The first-order chi connectivity index (χ1) is 8.74. The predicted octanol–water partition coefficient (Wildman–Crippen LogP) is 0.970. The normalized spacial score (nSPS) is 10.6. The summed E-state index contributed by atoms with van der Waals surface area (Å²) in [5.74, 6) is 1.60. The van der Waals surface area contributed by atoms with Crippen LogP contribution in [-0.4, -0.2) is 27.3 Å². The van der Waals surface area contributed by atoms with E-state index in [0.717, 1.165) is 27.8 Å². The van der Waals surface area contributed by atoms with Gasteiger partial charge in [-0.15, -0.1) is 5.10 Å². The van der Waals surface area contributed by atoms with Gasteiger partial charge < -0.3 is 10.5 Å². The lowest BCUT2D eigenvalue weighted by Gasteiger charge is -2.09. The van der Waals surface area contributed by atoms with Crippen molar-refractivity contribution in [2.24, 2.45) is 12.8 Å². The minimum Gasteiger partial charge on any atom is -0.496 e. The Balaban J connectivity index is 2.14. The van der Waals surface area contributed by atoms with Gasteiger partial charge in [-0.05, 0) is 28.1 Å². The van der Waals surface area contributed by atoms with E-state index in [-0.39, 0.29) is 0 Å². The summed E-state index contributed by atoms with van der Waals surface area (Å²) in [7, 11) is 3.48. The molecular formula is C11H15N5OS. The smallest absolute Gasteiger partial charge is 0.209 e. The zero-order chi connectivity index (χ0) is 13.0. The van der Waals surface area contributed by atoms with Gasteiger partial charge in [0.25, 0.3) is 0 Å². The van der Waals surface area contributed by atoms with Crippen molar-refractivity contribution in [3.8, 4) is 5.75 Å². The Kier molecular flexibility index (Phi) is 4.16. The van der Waals surface area contributed by atoms with Gasteiger partial charge in [-0.3, -0.25) is 0 Å². The highest BCUT2D eigenvalue weighted by Gasteiger charge is 2.08. The summed E-state index contributed by atoms with van der Waals surface area (Å²) < 4.78 is 6.98. The molecule has 0 fully saturated rings. The monoisotopic (exact) mass is 265 g/mol. The van der Waals surface area contributed by atoms with Gasteiger partial charge in [-0.25, -0.2) is 4.68 Å². The van der Waals surface area contributed by atoms with E-state index in [9.17, 15) is 0 Å². The zero-order valence-corrected chi connectivity index (χ0v) is 11.1. The number of benzene rings is 1. The maximum absolute atomic E-state index is 5.64. The number of aryl methyl sites for hydroxylation is 1. The Morgan fingerprint density at radius 3 is 2.89 bits per heavy atom. The van der Waals surface area contributed by atoms with Gasteiger partial charge in [0, 0.05) is 24.9 Å². The van der Waals surface area contributed by atoms with Gasteiger partial charge in [-0.2, -0.15) is 0 Å². The molecule has 0 aliphatic carbocycles. The Bertz CT molecular complexity index is 528. The van der Waals surface area contributed by atoms with Crippen molar-refractivity contribution in [1.82, 2.24) is 20.2 Å². The van der Waals surface area contributed by atoms with Gasteiger partial charge in [-0.1, -0.05) is 17.8 Å². The molecule has 18 heavy (non-hydrogen) atoms. The second-order valence-electron chi connectivity index (χ2n) is 3.72. The molecule has 0 amide bonds. The molecule has 0 spiro atoms. The first kappa shape index (κ1) is 12.8. The average molecular weight is 265 g/mol. The SMILES string of the molecule is COc1ccc(CN)cc1CSc1nnnn1C. The number of thioether (sulfide) groups is 1. The van der Waals surface area contributed by atoms with Gasteiger partial charge in [0.1, 0.15) is 5.75 Å². The van der Waals surface area contributed by atoms with Crippen LogP contribution in [0.4, 0.5) is 0 Å². The molecule has 2 rings (SSSR count). The van der Waals surface area contributed by atoms with Crippen LogP contribution in [-0.2, 0) is 19.3 Å². The second kappa shape index (κ2) is 5.83. The van der Waals surface area contributed by atoms with E-state index in [1.165, 1.54) is 0 Å². The standard InChI is InChI=1S/C11H15N5OS/c1-16-11(13-14-15-16)18-7-9-5-8(6-12)3-4-10(9)17-2/h3-5H,6-7,12H2,1-2H3. The van der Waals surface area contributed by atoms with Crippen LogP contribution in [0.15, 0.2) is 23.4 Å². The first-order valence-corrected chi connectivity index (χ1v) is 6.44. The third kappa shape index (κ3) is 2.80. The molecule has 1 aromatic carbocycles. The van der Waals surface area contributed by atoms with Crippen molar-refractivity contribution in [2.75, 3.05) is 7.11 Å². The topological polar surface area (TPSA) is 78.8 Å². The molecule has 7 heteroatoms. The van der Waals surface area contributed by atoms with E-state index in [2.05, 4.69) is 21.6 Å². The number of ether oxygens (including phenoxy) is 1. The Morgan fingerprint density at radius 1 is 1.44 bits per heavy atom. The lowest BCUT2D eigenvalue weighted by Crippen LogP contribution is -1.99. The highest BCUT2D eigenvalue weighted by Crippen LogP contribution is 2.27. The van der Waals surface area contributed by atoms with Crippen molar-refractivity contribution in [3.63, 3.8) is 0 Å². The molecule has 2 aromatic rings. The molecule has 2 N–H and O–H groups in total. The number of methoxy groups -OCH3 is 1. The van der Waals surface area contributed by atoms with Crippen LogP contribution in [0.1, 0.15) is 11.1 Å². The van der Waals surface area contributed by atoms with Crippen molar-refractivity contribution in [3.05, 3.63) is 29.3 Å². The molecule has 0 atom stereocenters. The number of hydrogen-bond acceptors (Lipinski definition) is 6. The lowest BCUT2D eigenvalue weighted by molar-refractivity contribution is 0.411. The van der Waals surface area contributed by atoms with E-state index in [1.807, 2.05) is 19.2 Å². The van der Waals surface area contributed by atoms with Crippen molar-refractivity contribution in [2.45, 2.75) is 17.5 Å². The van der Waals surface area contributed by atoms with Crippen LogP contribution in [0.25, 0.3) is 0 Å². The highest BCUT2D eigenvalue weighted by molar-refractivity contribution is 7.98. The van der Waals surface area contributed by atoms with E-state index in [0.29, 0.717) is 6.54 Å². The van der Waals surface area contributed by atoms with E-state index in [1.54, 1.807) is 23.6 Å². The maximum atomic E-state index is 5.64. The van der Waals surface area contributed by atoms with Crippen LogP contribution < -0.4 is 10.5 Å². The van der Waals surface area contributed by atoms with Gasteiger partial charge in [0.2, 0.25) is 5.16 Å². The quantitative estimate of drug-likeness (QED) is 0.812. The van der Waals surface area contributed by atoms with Crippen molar-refractivity contribution in [1.29, 1.82) is 0 Å². The number of hydrogen-bond donors (Lipinski definition) is 1. The third-order valence-corrected chi connectivity index (χ3v) is 3.58. The third-order valence-electron chi connectivity index (χ3n) is 2.52. The summed E-state index contributed by atoms with van der Waals surface area (Å²) >= 11 is 1.56. The summed E-state index contributed by atoms with van der Waals surface area (Å²) in [4.78, 5) is 0. The zero-order valence-electron chi connectivity index (χ0n) is 10.3. The van der Waals surface area contributed by atoms with Gasteiger partial charge in [0.05, 0.1) is 7.11 Å². The van der Waals surface area contributed by atoms with Crippen LogP contribution in [0.3, 0.4) is 0 Å². The Hall–Kier alpha value is -1.60. The lowest BCUT2D eigenvalue weighted by atomic mass is 10.1. The summed E-state index contributed by atoms with van der Waals surface area (Å²) in [6.45, 7) is 0.521. The van der Waals surface area contributed by atoms with Crippen molar-refractivity contribution >= 4 is 11.8 Å². The Morgan fingerprint density at radius 2 is 2.28 bits per heavy atom. The first-order valence-electron chi connectivity index (χ1n) is 5.45. The fourth-order valence-electron chi connectivity index (χ4n) is 1.56. The summed E-state index contributed by atoms with van der Waals surface area (Å²) in [5.41, 5.74) is 7.82. The minimum atomic E-state index is 0.521. The van der Waals surface area contributed by atoms with E-state index >= 15 is 0 Å². The minimum absolute atomic E-state index is 0.521. The second-order valence-corrected chi connectivity index (χ2v) is 4.67.